The van der Waals surface area contributed by atoms with Gasteiger partial charge in [0.25, 0.3) is 0 Å². The van der Waals surface area contributed by atoms with Crippen LogP contribution in [0.25, 0.3) is 99.9 Å². The van der Waals surface area contributed by atoms with Crippen LogP contribution in [0.15, 0.2) is 160 Å². The van der Waals surface area contributed by atoms with Crippen molar-refractivity contribution < 1.29 is 8.83 Å². The SMILES string of the molecule is c1ccc(-c2ccccc2-c2nc(-c3ccc4ccc5oc6ccccc6c5c4c3)nc(-c3cccc4oc5ccccc5c34)n2)cc1. The van der Waals surface area contributed by atoms with E-state index in [-0.39, 0.29) is 0 Å². The molecular weight excluding hydrogens is 590 g/mol. The van der Waals surface area contributed by atoms with Crippen LogP contribution in [0.2, 0.25) is 0 Å². The molecule has 0 aliphatic carbocycles. The quantitative estimate of drug-likeness (QED) is 0.197. The lowest BCUT2D eigenvalue weighted by molar-refractivity contribution is 0.668. The molecule has 3 heterocycles. The average molecular weight is 616 g/mol. The average Bonchev–Trinajstić information content (AvgIpc) is 3.74. The number of rotatable bonds is 4. The van der Waals surface area contributed by atoms with Crippen molar-refractivity contribution in [2.75, 3.05) is 0 Å². The predicted molar refractivity (Wildman–Crippen MR) is 194 cm³/mol. The number of fused-ring (bicyclic) bond motifs is 8. The van der Waals surface area contributed by atoms with Crippen LogP contribution in [0.1, 0.15) is 0 Å². The van der Waals surface area contributed by atoms with Crippen LogP contribution < -0.4 is 0 Å². The van der Waals surface area contributed by atoms with Crippen molar-refractivity contribution >= 4 is 54.6 Å². The Morgan fingerprint density at radius 2 is 0.896 bits per heavy atom. The van der Waals surface area contributed by atoms with Crippen molar-refractivity contribution in [3.63, 3.8) is 0 Å². The molecule has 5 nitrogen and oxygen atoms in total. The van der Waals surface area contributed by atoms with Crippen molar-refractivity contribution in [1.82, 2.24) is 15.0 Å². The third kappa shape index (κ3) is 4.15. The number of nitrogens with zero attached hydrogens (tertiary/aromatic N) is 3. The van der Waals surface area contributed by atoms with Crippen LogP contribution in [0, 0.1) is 0 Å². The molecule has 7 aromatic carbocycles. The Bertz CT molecular complexity index is 2850. The second-order valence-corrected chi connectivity index (χ2v) is 12.0. The molecule has 5 heteroatoms. The first kappa shape index (κ1) is 26.6. The molecule has 0 aliphatic rings. The van der Waals surface area contributed by atoms with Gasteiger partial charge >= 0.3 is 0 Å². The number of benzene rings is 7. The maximum absolute atomic E-state index is 6.26. The van der Waals surface area contributed by atoms with Gasteiger partial charge < -0.3 is 8.83 Å². The normalized spacial score (nSPS) is 11.8. The molecule has 0 saturated carbocycles. The summed E-state index contributed by atoms with van der Waals surface area (Å²) in [5, 5.41) is 6.39. The van der Waals surface area contributed by atoms with Gasteiger partial charge in [0.05, 0.1) is 0 Å². The number of hydrogen-bond donors (Lipinski definition) is 0. The molecule has 0 saturated heterocycles. The van der Waals surface area contributed by atoms with Crippen LogP contribution >= 0.6 is 0 Å². The summed E-state index contributed by atoms with van der Waals surface area (Å²) in [6.45, 7) is 0. The van der Waals surface area contributed by atoms with Gasteiger partial charge in [-0.15, -0.1) is 0 Å². The largest absolute Gasteiger partial charge is 0.456 e. The van der Waals surface area contributed by atoms with Crippen molar-refractivity contribution in [3.05, 3.63) is 152 Å². The Balaban J connectivity index is 1.26. The summed E-state index contributed by atoms with van der Waals surface area (Å²) < 4.78 is 12.5. The van der Waals surface area contributed by atoms with Gasteiger partial charge in [-0.25, -0.2) is 15.0 Å². The molecule has 0 unspecified atom stereocenters. The minimum absolute atomic E-state index is 0.585. The standard InChI is InChI=1S/C43H25N3O2/c1-2-11-26(12-3-1)29-13-4-5-14-30(29)42-44-41(45-43(46-42)33-17-10-20-37-39(33)31-15-6-8-18-35(31)47-37)28-22-21-27-23-24-38-40(34(27)25-28)32-16-7-9-19-36(32)48-38/h1-25H. The van der Waals surface area contributed by atoms with Gasteiger partial charge in [-0.1, -0.05) is 121 Å². The van der Waals surface area contributed by atoms with E-state index in [9.17, 15) is 0 Å². The molecule has 0 fully saturated rings. The van der Waals surface area contributed by atoms with Crippen LogP contribution in [-0.2, 0) is 0 Å². The van der Waals surface area contributed by atoms with E-state index in [0.717, 1.165) is 82.5 Å². The molecule has 48 heavy (non-hydrogen) atoms. The number of furan rings is 2. The zero-order valence-electron chi connectivity index (χ0n) is 25.6. The maximum atomic E-state index is 6.26. The van der Waals surface area contributed by atoms with Gasteiger partial charge in [0.1, 0.15) is 22.3 Å². The number of aromatic nitrogens is 3. The summed E-state index contributed by atoms with van der Waals surface area (Å²) in [4.78, 5) is 15.6. The van der Waals surface area contributed by atoms with E-state index in [1.807, 2.05) is 60.7 Å². The van der Waals surface area contributed by atoms with E-state index in [2.05, 4.69) is 91.0 Å². The van der Waals surface area contributed by atoms with Gasteiger partial charge in [-0.2, -0.15) is 0 Å². The van der Waals surface area contributed by atoms with E-state index in [1.54, 1.807) is 0 Å². The Kier molecular flexibility index (Phi) is 5.81. The van der Waals surface area contributed by atoms with Gasteiger partial charge in [0.15, 0.2) is 17.5 Å². The van der Waals surface area contributed by atoms with E-state index < -0.39 is 0 Å². The molecule has 0 aliphatic heterocycles. The molecular formula is C43H25N3O2. The highest BCUT2D eigenvalue weighted by Crippen LogP contribution is 2.39. The van der Waals surface area contributed by atoms with Crippen molar-refractivity contribution in [2.24, 2.45) is 0 Å². The zero-order valence-corrected chi connectivity index (χ0v) is 25.6. The van der Waals surface area contributed by atoms with Crippen LogP contribution in [0.5, 0.6) is 0 Å². The highest BCUT2D eigenvalue weighted by molar-refractivity contribution is 6.19. The van der Waals surface area contributed by atoms with E-state index in [1.165, 1.54) is 0 Å². The van der Waals surface area contributed by atoms with Crippen LogP contribution in [0.3, 0.4) is 0 Å². The summed E-state index contributed by atoms with van der Waals surface area (Å²) in [6, 6.07) is 51.6. The number of para-hydroxylation sites is 2. The molecule has 3 aromatic heterocycles. The zero-order chi connectivity index (χ0) is 31.6. The maximum Gasteiger partial charge on any atom is 0.164 e. The summed E-state index contributed by atoms with van der Waals surface area (Å²) in [7, 11) is 0. The molecule has 0 bridgehead atoms. The monoisotopic (exact) mass is 615 g/mol. The first-order valence-electron chi connectivity index (χ1n) is 15.9. The Morgan fingerprint density at radius 3 is 1.69 bits per heavy atom. The lowest BCUT2D eigenvalue weighted by atomic mass is 9.98. The predicted octanol–water partition coefficient (Wildman–Crippen LogP) is 11.5. The minimum atomic E-state index is 0.585. The fraction of sp³-hybridized carbons (Fsp3) is 0. The first-order valence-corrected chi connectivity index (χ1v) is 15.9. The lowest BCUT2D eigenvalue weighted by Gasteiger charge is -2.13. The molecule has 0 spiro atoms. The van der Waals surface area contributed by atoms with Crippen molar-refractivity contribution in [2.45, 2.75) is 0 Å². The van der Waals surface area contributed by atoms with Crippen molar-refractivity contribution in [3.8, 4) is 45.3 Å². The van der Waals surface area contributed by atoms with Crippen LogP contribution in [-0.4, -0.2) is 15.0 Å². The highest BCUT2D eigenvalue weighted by atomic mass is 16.3. The summed E-state index contributed by atoms with van der Waals surface area (Å²) in [5.74, 6) is 1.78. The third-order valence-corrected chi connectivity index (χ3v) is 9.15. The van der Waals surface area contributed by atoms with Crippen molar-refractivity contribution in [1.29, 1.82) is 0 Å². The topological polar surface area (TPSA) is 65.0 Å². The first-order chi connectivity index (χ1) is 23.8. The summed E-state index contributed by atoms with van der Waals surface area (Å²) >= 11 is 0. The fourth-order valence-corrected chi connectivity index (χ4v) is 6.94. The molecule has 0 atom stereocenters. The number of hydrogen-bond acceptors (Lipinski definition) is 5. The van der Waals surface area contributed by atoms with Crippen LogP contribution in [0.4, 0.5) is 0 Å². The lowest BCUT2D eigenvalue weighted by Crippen LogP contribution is -2.01. The molecule has 10 rings (SSSR count). The molecule has 0 amide bonds. The second-order valence-electron chi connectivity index (χ2n) is 12.0. The fourth-order valence-electron chi connectivity index (χ4n) is 6.94. The van der Waals surface area contributed by atoms with Gasteiger partial charge in [0, 0.05) is 38.2 Å². The van der Waals surface area contributed by atoms with Gasteiger partial charge in [0.2, 0.25) is 0 Å². The summed E-state index contributed by atoms with van der Waals surface area (Å²) in [6.07, 6.45) is 0. The van der Waals surface area contributed by atoms with E-state index in [4.69, 9.17) is 23.8 Å². The summed E-state index contributed by atoms with van der Waals surface area (Å²) in [5.41, 5.74) is 8.22. The Morgan fingerprint density at radius 1 is 0.333 bits per heavy atom. The Labute approximate surface area is 274 Å². The highest BCUT2D eigenvalue weighted by Gasteiger charge is 2.20. The second kappa shape index (κ2) is 10.5. The minimum Gasteiger partial charge on any atom is -0.456 e. The third-order valence-electron chi connectivity index (χ3n) is 9.15. The Hall–Kier alpha value is -6.59. The molecule has 224 valence electrons. The van der Waals surface area contributed by atoms with E-state index >= 15 is 0 Å². The van der Waals surface area contributed by atoms with Gasteiger partial charge in [-0.3, -0.25) is 0 Å². The smallest absolute Gasteiger partial charge is 0.164 e. The van der Waals surface area contributed by atoms with Gasteiger partial charge in [-0.05, 0) is 52.2 Å². The van der Waals surface area contributed by atoms with E-state index in [0.29, 0.717) is 17.5 Å². The molecule has 0 N–H and O–H groups in total. The molecule has 10 aromatic rings. The molecule has 0 radical (unpaired) electrons.